The molecule has 3 aliphatic heterocycles. The van der Waals surface area contributed by atoms with Crippen molar-refractivity contribution in [3.8, 4) is 35.2 Å². The van der Waals surface area contributed by atoms with E-state index in [0.717, 1.165) is 76.5 Å². The average molecular weight is 745 g/mol. The summed E-state index contributed by atoms with van der Waals surface area (Å²) in [4.78, 5) is 27.6. The van der Waals surface area contributed by atoms with Gasteiger partial charge >= 0.3 is 12.1 Å². The van der Waals surface area contributed by atoms with Crippen molar-refractivity contribution in [2.45, 2.75) is 96.1 Å². The van der Waals surface area contributed by atoms with Crippen molar-refractivity contribution in [1.29, 1.82) is 0 Å². The van der Waals surface area contributed by atoms with Crippen molar-refractivity contribution >= 4 is 33.7 Å². The van der Waals surface area contributed by atoms with Gasteiger partial charge in [0.25, 0.3) is 0 Å². The number of H-pyrrole nitrogens is 1. The van der Waals surface area contributed by atoms with Gasteiger partial charge in [-0.3, -0.25) is 5.10 Å². The molecule has 0 radical (unpaired) electrons. The lowest BCUT2D eigenvalue weighted by Gasteiger charge is -2.36. The summed E-state index contributed by atoms with van der Waals surface area (Å²) in [6.45, 7) is 9.79. The van der Waals surface area contributed by atoms with Gasteiger partial charge in [0.15, 0.2) is 5.75 Å². The highest BCUT2D eigenvalue weighted by Gasteiger charge is 2.48. The Kier molecular flexibility index (Phi) is 8.80. The number of hydrogen-bond donors (Lipinski definition) is 1. The predicted molar refractivity (Wildman–Crippen MR) is 207 cm³/mol. The molecule has 3 aromatic carbocycles. The molecule has 1 N–H and O–H groups in total. The summed E-state index contributed by atoms with van der Waals surface area (Å²) >= 11 is 0. The number of nitrogens with one attached hydrogen (secondary N) is 1. The standard InChI is InChI=1S/C43H45FN6O5/c1-6-25-9-11-26(12-10-25)22-53-39-37(36-24(2)34(44)18-35-33(36)19-45-48-35)31(27-13-14-27)17-32-38(39)46-41(54-23-30-8-7-15-52-30)47-40(32)49-20-29-16-28(49)21-50(29)42(51)55-43(3,4)5/h1,9-12,17-19,27-30H,7-8,13-16,20-23H2,2-5H3,(H,45,48)/t28-,29-,30-/m0/s1. The largest absolute Gasteiger partial charge is 0.486 e. The van der Waals surface area contributed by atoms with E-state index in [0.29, 0.717) is 48.6 Å². The van der Waals surface area contributed by atoms with E-state index in [1.165, 1.54) is 6.07 Å². The van der Waals surface area contributed by atoms with Crippen molar-refractivity contribution in [2.24, 2.45) is 0 Å². The molecule has 3 atom stereocenters. The van der Waals surface area contributed by atoms with Crippen molar-refractivity contribution < 1.29 is 28.1 Å². The van der Waals surface area contributed by atoms with Gasteiger partial charge in [-0.25, -0.2) is 9.18 Å². The summed E-state index contributed by atoms with van der Waals surface area (Å²) in [6.07, 6.45) is 11.7. The maximum absolute atomic E-state index is 15.8. The molecule has 284 valence electrons. The van der Waals surface area contributed by atoms with Crippen LogP contribution in [0.2, 0.25) is 0 Å². The van der Waals surface area contributed by atoms with E-state index in [4.69, 9.17) is 35.3 Å². The lowest BCUT2D eigenvalue weighted by molar-refractivity contribution is 0.0214. The molecule has 0 unspecified atom stereocenters. The Morgan fingerprint density at radius 3 is 2.56 bits per heavy atom. The Morgan fingerprint density at radius 2 is 1.87 bits per heavy atom. The van der Waals surface area contributed by atoms with Gasteiger partial charge in [-0.1, -0.05) is 18.1 Å². The van der Waals surface area contributed by atoms with Gasteiger partial charge < -0.3 is 28.7 Å². The first kappa shape index (κ1) is 35.3. The van der Waals surface area contributed by atoms with Gasteiger partial charge in [0.05, 0.1) is 29.9 Å². The molecule has 2 bridgehead atoms. The van der Waals surface area contributed by atoms with Gasteiger partial charge in [0.2, 0.25) is 0 Å². The number of benzene rings is 3. The van der Waals surface area contributed by atoms with Gasteiger partial charge in [-0.15, -0.1) is 6.42 Å². The number of ether oxygens (including phenoxy) is 4. The van der Waals surface area contributed by atoms with Crippen LogP contribution in [0, 0.1) is 25.1 Å². The predicted octanol–water partition coefficient (Wildman–Crippen LogP) is 7.81. The molecule has 55 heavy (non-hydrogen) atoms. The van der Waals surface area contributed by atoms with Gasteiger partial charge in [0.1, 0.15) is 36.0 Å². The molecule has 5 aromatic rings. The zero-order chi connectivity index (χ0) is 38.0. The first-order chi connectivity index (χ1) is 26.5. The molecule has 1 amide bonds. The second kappa shape index (κ2) is 13.7. The third-order valence-corrected chi connectivity index (χ3v) is 11.2. The number of fused-ring (bicyclic) bond motifs is 4. The fourth-order valence-corrected chi connectivity index (χ4v) is 8.37. The number of amides is 1. The van der Waals surface area contributed by atoms with Crippen molar-refractivity contribution in [1.82, 2.24) is 25.1 Å². The number of terminal acetylenes is 1. The summed E-state index contributed by atoms with van der Waals surface area (Å²) in [5, 5.41) is 8.91. The van der Waals surface area contributed by atoms with Crippen LogP contribution in [0.1, 0.15) is 81.0 Å². The molecular formula is C43H45FN6O5. The third-order valence-electron chi connectivity index (χ3n) is 11.2. The Morgan fingerprint density at radius 1 is 1.05 bits per heavy atom. The van der Waals surface area contributed by atoms with Crippen LogP contribution in [-0.4, -0.2) is 81.3 Å². The summed E-state index contributed by atoms with van der Waals surface area (Å²) in [5.41, 5.74) is 5.35. The zero-order valence-corrected chi connectivity index (χ0v) is 31.7. The molecule has 11 nitrogen and oxygen atoms in total. The molecule has 1 saturated carbocycles. The van der Waals surface area contributed by atoms with Crippen LogP contribution in [0.3, 0.4) is 0 Å². The van der Waals surface area contributed by atoms with E-state index in [2.05, 4.69) is 27.1 Å². The quantitative estimate of drug-likeness (QED) is 0.151. The summed E-state index contributed by atoms with van der Waals surface area (Å²) in [7, 11) is 0. The lowest BCUT2D eigenvalue weighted by atomic mass is 9.88. The minimum absolute atomic E-state index is 0.0146. The van der Waals surface area contributed by atoms with E-state index in [9.17, 15) is 4.79 Å². The molecule has 4 aliphatic rings. The van der Waals surface area contributed by atoms with Crippen LogP contribution in [0.25, 0.3) is 32.9 Å². The average Bonchev–Trinajstić information content (AvgIpc) is 3.53. The second-order valence-electron chi connectivity index (χ2n) is 16.3. The molecule has 9 rings (SSSR count). The van der Waals surface area contributed by atoms with Crippen LogP contribution in [-0.2, 0) is 16.1 Å². The monoisotopic (exact) mass is 744 g/mol. The minimum atomic E-state index is -0.588. The number of carbonyl (C=O) groups excluding carboxylic acids is 1. The maximum Gasteiger partial charge on any atom is 0.410 e. The Labute approximate surface area is 319 Å². The zero-order valence-electron chi connectivity index (χ0n) is 31.7. The summed E-state index contributed by atoms with van der Waals surface area (Å²) in [5.74, 6) is 3.84. The smallest absolute Gasteiger partial charge is 0.410 e. The number of piperazine rings is 1. The van der Waals surface area contributed by atoms with E-state index in [1.54, 1.807) is 13.1 Å². The molecule has 1 aliphatic carbocycles. The number of rotatable bonds is 9. The number of likely N-dealkylation sites (tertiary alicyclic amines) is 1. The molecule has 5 heterocycles. The highest BCUT2D eigenvalue weighted by Crippen LogP contribution is 2.53. The fraction of sp³-hybridized carbons (Fsp3) is 0.442. The van der Waals surface area contributed by atoms with Crippen molar-refractivity contribution in [3.05, 3.63) is 70.7 Å². The Bertz CT molecular complexity index is 2340. The van der Waals surface area contributed by atoms with Crippen molar-refractivity contribution in [3.63, 3.8) is 0 Å². The summed E-state index contributed by atoms with van der Waals surface area (Å²) in [6, 6.07) is 11.6. The number of aromatic nitrogens is 4. The maximum atomic E-state index is 15.8. The van der Waals surface area contributed by atoms with E-state index >= 15 is 4.39 Å². The van der Waals surface area contributed by atoms with Gasteiger partial charge in [0, 0.05) is 47.2 Å². The number of carbonyl (C=O) groups is 1. The van der Waals surface area contributed by atoms with Crippen LogP contribution in [0.5, 0.6) is 11.8 Å². The van der Waals surface area contributed by atoms with E-state index < -0.39 is 5.60 Å². The topological polar surface area (TPSA) is 115 Å². The van der Waals surface area contributed by atoms with Crippen molar-refractivity contribution in [2.75, 3.05) is 31.2 Å². The fourth-order valence-electron chi connectivity index (χ4n) is 8.37. The highest BCUT2D eigenvalue weighted by atomic mass is 19.1. The Hall–Kier alpha value is -5.41. The van der Waals surface area contributed by atoms with Crippen LogP contribution in [0.4, 0.5) is 15.0 Å². The number of hydrogen-bond acceptors (Lipinski definition) is 9. The van der Waals surface area contributed by atoms with E-state index in [-0.39, 0.29) is 48.6 Å². The molecule has 2 aromatic heterocycles. The molecule has 0 spiro atoms. The van der Waals surface area contributed by atoms with Crippen LogP contribution < -0.4 is 14.4 Å². The summed E-state index contributed by atoms with van der Waals surface area (Å²) < 4.78 is 40.8. The molecule has 4 fully saturated rings. The molecule has 3 saturated heterocycles. The highest BCUT2D eigenvalue weighted by molar-refractivity contribution is 6.06. The van der Waals surface area contributed by atoms with Gasteiger partial charge in [-0.2, -0.15) is 15.1 Å². The molecular weight excluding hydrogens is 700 g/mol. The minimum Gasteiger partial charge on any atom is -0.486 e. The SMILES string of the molecule is C#Cc1ccc(COc2c(-c3c(C)c(F)cc4[nH]ncc34)c(C3CC3)cc3c(N4C[C@@H]5C[C@H]4CN5C(=O)OC(C)(C)C)nc(OC[C@@H]4CCCO4)nc23)cc1. The van der Waals surface area contributed by atoms with E-state index in [1.807, 2.05) is 49.9 Å². The van der Waals surface area contributed by atoms with Gasteiger partial charge in [-0.05, 0) is 107 Å². The molecule has 12 heteroatoms. The second-order valence-corrected chi connectivity index (χ2v) is 16.3. The number of aromatic amines is 1. The van der Waals surface area contributed by atoms with Crippen LogP contribution >= 0.6 is 0 Å². The number of anilines is 1. The number of nitrogens with zero attached hydrogens (tertiary/aromatic N) is 5. The van der Waals surface area contributed by atoms with Crippen LogP contribution in [0.15, 0.2) is 42.6 Å². The normalized spacial score (nSPS) is 20.8. The Balaban J connectivity index is 1.23. The lowest BCUT2D eigenvalue weighted by Crippen LogP contribution is -2.50. The number of halogens is 1. The third kappa shape index (κ3) is 6.69. The first-order valence-electron chi connectivity index (χ1n) is 19.2. The first-order valence-corrected chi connectivity index (χ1v) is 19.2.